The van der Waals surface area contributed by atoms with Crippen molar-refractivity contribution in [3.8, 4) is 0 Å². The standard InChI is InChI=1S/C14H24O2Si2.3CO.Fe/c1-17(2,3)13-10-8-7-9-16-12(10)14(11(13)15)18(4,5)6;3*1-2;/h7-9H2,1-6H3;;;;. The fraction of sp³-hybridized carbons (Fsp3) is 0.529. The van der Waals surface area contributed by atoms with Crippen LogP contribution in [0.4, 0.5) is 0 Å². The summed E-state index contributed by atoms with van der Waals surface area (Å²) >= 11 is 0. The topological polar surface area (TPSA) is 86.0 Å². The van der Waals surface area contributed by atoms with Gasteiger partial charge >= 0.3 is 33.9 Å². The van der Waals surface area contributed by atoms with Gasteiger partial charge in [0.1, 0.15) is 5.76 Å². The van der Waals surface area contributed by atoms with Crippen molar-refractivity contribution in [2.24, 2.45) is 0 Å². The van der Waals surface area contributed by atoms with Gasteiger partial charge in [-0.15, -0.1) is 0 Å². The minimum Gasteiger partial charge on any atom is 0 e. The van der Waals surface area contributed by atoms with Gasteiger partial charge in [0.05, 0.1) is 22.8 Å². The molecule has 0 radical (unpaired) electrons. The van der Waals surface area contributed by atoms with Crippen LogP contribution in [0, 0.1) is 20.0 Å². The molecule has 0 aromatic heterocycles. The molecule has 1 aliphatic heterocycles. The van der Waals surface area contributed by atoms with Crippen molar-refractivity contribution in [2.75, 3.05) is 6.61 Å². The molecular weight excluding hydrogens is 396 g/mol. The molecule has 0 spiro atoms. The maximum atomic E-state index is 12.8. The molecule has 0 bridgehead atoms. The van der Waals surface area contributed by atoms with E-state index in [-0.39, 0.29) is 17.1 Å². The van der Waals surface area contributed by atoms with Crippen LogP contribution in [0.3, 0.4) is 0 Å². The van der Waals surface area contributed by atoms with Gasteiger partial charge in [-0.25, -0.2) is 0 Å². The van der Waals surface area contributed by atoms with Crippen LogP contribution in [0.25, 0.3) is 0 Å². The third kappa shape index (κ3) is 7.10. The van der Waals surface area contributed by atoms with E-state index >= 15 is 0 Å². The van der Waals surface area contributed by atoms with Crippen LogP contribution >= 0.6 is 0 Å². The summed E-state index contributed by atoms with van der Waals surface area (Å²) in [6, 6.07) is 0. The van der Waals surface area contributed by atoms with Crippen LogP contribution in [0.1, 0.15) is 12.8 Å². The second-order valence-electron chi connectivity index (χ2n) is 7.34. The average Bonchev–Trinajstić information content (AvgIpc) is 2.85. The van der Waals surface area contributed by atoms with E-state index in [1.54, 1.807) is 0 Å². The average molecular weight is 420 g/mol. The van der Waals surface area contributed by atoms with Crippen LogP contribution in [0.5, 0.6) is 0 Å². The first-order valence-corrected chi connectivity index (χ1v) is 14.4. The second-order valence-corrected chi connectivity index (χ2v) is 17.3. The molecule has 5 nitrogen and oxygen atoms in total. The van der Waals surface area contributed by atoms with Crippen molar-refractivity contribution >= 4 is 21.9 Å². The molecule has 8 heteroatoms. The van der Waals surface area contributed by atoms with Crippen molar-refractivity contribution in [3.63, 3.8) is 0 Å². The maximum Gasteiger partial charge on any atom is 0 e. The summed E-state index contributed by atoms with van der Waals surface area (Å²) < 4.78 is 28.4. The molecule has 0 atom stereocenters. The molecule has 0 aromatic carbocycles. The molecular formula is C17H24FeO5Si2. The van der Waals surface area contributed by atoms with Crippen molar-refractivity contribution in [1.29, 1.82) is 0 Å². The molecule has 0 saturated carbocycles. The number of fused-ring (bicyclic) bond motifs is 1. The Morgan fingerprint density at radius 1 is 0.840 bits per heavy atom. The Hall–Kier alpha value is -0.877. The fourth-order valence-electron chi connectivity index (χ4n) is 2.93. The van der Waals surface area contributed by atoms with Gasteiger partial charge in [-0.2, -0.15) is 0 Å². The summed E-state index contributed by atoms with van der Waals surface area (Å²) in [5.74, 6) is 1.32. The third-order valence-electron chi connectivity index (χ3n) is 3.57. The molecule has 0 amide bonds. The molecule has 0 aromatic rings. The molecule has 1 saturated heterocycles. The summed E-state index contributed by atoms with van der Waals surface area (Å²) in [6.45, 7) is 27.8. The monoisotopic (exact) mass is 420 g/mol. The first kappa shape index (κ1) is 28.9. The van der Waals surface area contributed by atoms with E-state index in [1.807, 2.05) is 0 Å². The molecule has 0 unspecified atom stereocenters. The van der Waals surface area contributed by atoms with Gasteiger partial charge in [-0.1, -0.05) is 39.3 Å². The number of rotatable bonds is 2. The zero-order chi connectivity index (χ0) is 19.7. The predicted octanol–water partition coefficient (Wildman–Crippen LogP) is 3.57. The van der Waals surface area contributed by atoms with Crippen LogP contribution in [-0.4, -0.2) is 28.5 Å². The number of carbonyl (C=O) groups excluding carboxylic acids is 1. The number of ketones is 1. The Labute approximate surface area is 162 Å². The Morgan fingerprint density at radius 2 is 1.24 bits per heavy atom. The summed E-state index contributed by atoms with van der Waals surface area (Å²) in [6.07, 6.45) is 2.09. The van der Waals surface area contributed by atoms with E-state index < -0.39 is 16.1 Å². The SMILES string of the molecule is C[Si](C)(C)C1=C2CCCOC2=C([Si](C)(C)C)C1=O.[C-]#[O+].[C-]#[O+].[C-]#[O+].[Fe]. The Morgan fingerprint density at radius 3 is 1.60 bits per heavy atom. The number of allylic oxidation sites excluding steroid dienone is 3. The van der Waals surface area contributed by atoms with Gasteiger partial charge in [0.25, 0.3) is 0 Å². The smallest absolute Gasteiger partial charge is 0 e. The fourth-order valence-corrected chi connectivity index (χ4v) is 6.71. The van der Waals surface area contributed by atoms with E-state index in [1.165, 1.54) is 5.57 Å². The minimum atomic E-state index is -1.63. The molecule has 1 aliphatic carbocycles. The van der Waals surface area contributed by atoms with E-state index in [0.29, 0.717) is 5.78 Å². The van der Waals surface area contributed by atoms with Crippen molar-refractivity contribution in [3.05, 3.63) is 41.7 Å². The first-order valence-electron chi connectivity index (χ1n) is 7.41. The largest absolute Gasteiger partial charge is 0 e. The third-order valence-corrected chi connectivity index (χ3v) is 7.56. The van der Waals surface area contributed by atoms with Crippen LogP contribution in [0.2, 0.25) is 39.3 Å². The van der Waals surface area contributed by atoms with Gasteiger partial charge in [0.15, 0.2) is 5.78 Å². The van der Waals surface area contributed by atoms with Crippen molar-refractivity contribution in [1.82, 2.24) is 0 Å². The first-order chi connectivity index (χ1) is 11.1. The Balaban J connectivity index is -0.000000626. The van der Waals surface area contributed by atoms with Crippen LogP contribution < -0.4 is 0 Å². The van der Waals surface area contributed by atoms with Crippen LogP contribution in [-0.2, 0) is 40.6 Å². The molecule has 1 heterocycles. The van der Waals surface area contributed by atoms with E-state index in [0.717, 1.165) is 35.6 Å². The predicted molar refractivity (Wildman–Crippen MR) is 92.7 cm³/mol. The number of ether oxygens (including phenoxy) is 1. The molecule has 0 N–H and O–H groups in total. The van der Waals surface area contributed by atoms with E-state index in [4.69, 9.17) is 18.7 Å². The Bertz CT molecular complexity index is 531. The summed E-state index contributed by atoms with van der Waals surface area (Å²) in [5.41, 5.74) is 1.27. The van der Waals surface area contributed by atoms with E-state index in [2.05, 4.69) is 59.2 Å². The Kier molecular flexibility index (Phi) is 14.4. The van der Waals surface area contributed by atoms with Crippen LogP contribution in [0.15, 0.2) is 21.7 Å². The maximum absolute atomic E-state index is 12.8. The van der Waals surface area contributed by atoms with Gasteiger partial charge < -0.3 is 4.74 Å². The zero-order valence-corrected chi connectivity index (χ0v) is 18.6. The van der Waals surface area contributed by atoms with Gasteiger partial charge in [-0.05, 0) is 23.6 Å². The number of Topliss-reactive ketones (excluding diaryl/α,β-unsaturated/α-hetero) is 1. The van der Waals surface area contributed by atoms with E-state index in [9.17, 15) is 4.79 Å². The summed E-state index contributed by atoms with van der Waals surface area (Å²) in [7, 11) is -3.22. The molecule has 25 heavy (non-hydrogen) atoms. The molecule has 138 valence electrons. The number of carbonyl (C=O) groups is 1. The van der Waals surface area contributed by atoms with Gasteiger partial charge in [0.2, 0.25) is 0 Å². The quantitative estimate of drug-likeness (QED) is 0.389. The summed E-state index contributed by atoms with van der Waals surface area (Å²) in [4.78, 5) is 12.8. The van der Waals surface area contributed by atoms with Gasteiger partial charge in [0, 0.05) is 22.3 Å². The minimum absolute atomic E-state index is 0. The zero-order valence-electron chi connectivity index (χ0n) is 15.5. The normalized spacial score (nSPS) is 15.6. The summed E-state index contributed by atoms with van der Waals surface area (Å²) in [5, 5.41) is 2.20. The molecule has 2 aliphatic rings. The van der Waals surface area contributed by atoms with Crippen molar-refractivity contribution in [2.45, 2.75) is 52.1 Å². The molecule has 2 rings (SSSR count). The van der Waals surface area contributed by atoms with Gasteiger partial charge in [-0.3, -0.25) is 4.79 Å². The second kappa shape index (κ2) is 12.5. The molecule has 1 fully saturated rings. The van der Waals surface area contributed by atoms with Crippen molar-refractivity contribution < 1.29 is 40.6 Å². The number of hydrogen-bond donors (Lipinski definition) is 0. The number of hydrogen-bond acceptors (Lipinski definition) is 2.